The summed E-state index contributed by atoms with van der Waals surface area (Å²) >= 11 is 6.59. The fraction of sp³-hybridized carbons (Fsp3) is 0.364. The SMILES string of the molecule is CN=C(Nc1cc(SCC(F)(F)F)c(Br)cc1Br)C(F)(F)F. The topological polar surface area (TPSA) is 24.4 Å². The fourth-order valence-corrected chi connectivity index (χ4v) is 3.43. The van der Waals surface area contributed by atoms with Crippen LogP contribution in [0.25, 0.3) is 0 Å². The van der Waals surface area contributed by atoms with Crippen LogP contribution in [0.1, 0.15) is 0 Å². The van der Waals surface area contributed by atoms with Gasteiger partial charge in [-0.25, -0.2) is 0 Å². The molecular formula is C11H8Br2F6N2S. The number of nitrogens with zero attached hydrogens (tertiary/aromatic N) is 1. The molecule has 0 aliphatic carbocycles. The Balaban J connectivity index is 3.06. The smallest absolute Gasteiger partial charge is 0.335 e. The maximum absolute atomic E-state index is 12.7. The van der Waals surface area contributed by atoms with E-state index in [1.54, 1.807) is 0 Å². The second-order valence-corrected chi connectivity index (χ2v) is 6.59. The van der Waals surface area contributed by atoms with E-state index in [1.807, 2.05) is 0 Å². The van der Waals surface area contributed by atoms with Crippen LogP contribution in [0, 0.1) is 0 Å². The van der Waals surface area contributed by atoms with E-state index in [2.05, 4.69) is 42.2 Å². The van der Waals surface area contributed by atoms with Crippen molar-refractivity contribution in [1.82, 2.24) is 0 Å². The number of thioether (sulfide) groups is 1. The van der Waals surface area contributed by atoms with E-state index in [0.717, 1.165) is 7.05 Å². The first-order valence-electron chi connectivity index (χ1n) is 5.43. The van der Waals surface area contributed by atoms with Crippen molar-refractivity contribution >= 4 is 55.1 Å². The summed E-state index contributed by atoms with van der Waals surface area (Å²) in [7, 11) is 0.960. The lowest BCUT2D eigenvalue weighted by molar-refractivity contribution is -0.105. The highest BCUT2D eigenvalue weighted by Gasteiger charge is 2.36. The van der Waals surface area contributed by atoms with Crippen molar-refractivity contribution < 1.29 is 26.3 Å². The van der Waals surface area contributed by atoms with Gasteiger partial charge in [0.15, 0.2) is 0 Å². The molecule has 1 aromatic carbocycles. The molecule has 1 rings (SSSR count). The monoisotopic (exact) mass is 472 g/mol. The molecule has 0 aliphatic heterocycles. The zero-order valence-corrected chi connectivity index (χ0v) is 14.7. The average molecular weight is 474 g/mol. The lowest BCUT2D eigenvalue weighted by Crippen LogP contribution is -2.30. The van der Waals surface area contributed by atoms with Crippen molar-refractivity contribution in [3.05, 3.63) is 21.1 Å². The number of rotatable bonds is 3. The van der Waals surface area contributed by atoms with Gasteiger partial charge in [-0.2, -0.15) is 26.3 Å². The number of aliphatic imine (C=N–C) groups is 1. The zero-order chi connectivity index (χ0) is 17.1. The second kappa shape index (κ2) is 7.43. The summed E-state index contributed by atoms with van der Waals surface area (Å²) in [4.78, 5) is 3.25. The van der Waals surface area contributed by atoms with E-state index in [-0.39, 0.29) is 15.1 Å². The van der Waals surface area contributed by atoms with Crippen molar-refractivity contribution in [3.8, 4) is 0 Å². The summed E-state index contributed by atoms with van der Waals surface area (Å²) < 4.78 is 75.3. The summed E-state index contributed by atoms with van der Waals surface area (Å²) in [6, 6.07) is 2.55. The molecule has 0 aliphatic rings. The van der Waals surface area contributed by atoms with Crippen LogP contribution in [0.3, 0.4) is 0 Å². The van der Waals surface area contributed by atoms with E-state index in [0.29, 0.717) is 16.2 Å². The largest absolute Gasteiger partial charge is 0.449 e. The number of anilines is 1. The summed E-state index contributed by atoms with van der Waals surface area (Å²) in [6.45, 7) is 0. The third-order valence-corrected chi connectivity index (χ3v) is 4.85. The van der Waals surface area contributed by atoms with Gasteiger partial charge in [0.1, 0.15) is 0 Å². The summed E-state index contributed by atoms with van der Waals surface area (Å²) in [5, 5.41) is 2.06. The maximum atomic E-state index is 12.7. The highest BCUT2D eigenvalue weighted by Crippen LogP contribution is 2.38. The van der Waals surface area contributed by atoms with Crippen molar-refractivity contribution in [2.45, 2.75) is 17.2 Å². The molecule has 0 fully saturated rings. The van der Waals surface area contributed by atoms with Crippen molar-refractivity contribution in [2.24, 2.45) is 4.99 Å². The lowest BCUT2D eigenvalue weighted by Gasteiger charge is -2.15. The Morgan fingerprint density at radius 3 is 2.18 bits per heavy atom. The first-order chi connectivity index (χ1) is 9.94. The Morgan fingerprint density at radius 1 is 1.14 bits per heavy atom. The van der Waals surface area contributed by atoms with Gasteiger partial charge in [-0.15, -0.1) is 11.8 Å². The Kier molecular flexibility index (Phi) is 6.63. The highest BCUT2D eigenvalue weighted by molar-refractivity contribution is 9.11. The molecule has 22 heavy (non-hydrogen) atoms. The molecule has 0 spiro atoms. The second-order valence-electron chi connectivity index (χ2n) is 3.86. The van der Waals surface area contributed by atoms with E-state index in [4.69, 9.17) is 0 Å². The van der Waals surface area contributed by atoms with Crippen LogP contribution >= 0.6 is 43.6 Å². The molecule has 11 heteroatoms. The number of alkyl halides is 6. The first-order valence-corrected chi connectivity index (χ1v) is 8.01. The van der Waals surface area contributed by atoms with Crippen LogP contribution in [-0.2, 0) is 0 Å². The van der Waals surface area contributed by atoms with Crippen molar-refractivity contribution in [2.75, 3.05) is 18.1 Å². The minimum Gasteiger partial charge on any atom is -0.335 e. The summed E-state index contributed by atoms with van der Waals surface area (Å²) in [5.74, 6) is -2.40. The number of hydrogen-bond acceptors (Lipinski definition) is 2. The van der Waals surface area contributed by atoms with Crippen LogP contribution in [0.2, 0.25) is 0 Å². The van der Waals surface area contributed by atoms with Gasteiger partial charge in [0, 0.05) is 20.9 Å². The molecule has 0 atom stereocenters. The van der Waals surface area contributed by atoms with Gasteiger partial charge in [0.25, 0.3) is 0 Å². The fourth-order valence-electron chi connectivity index (χ4n) is 1.28. The molecule has 1 aromatic rings. The molecule has 0 heterocycles. The quantitative estimate of drug-likeness (QED) is 0.257. The maximum Gasteiger partial charge on any atom is 0.449 e. The number of amidine groups is 1. The van der Waals surface area contributed by atoms with Crippen LogP contribution < -0.4 is 5.32 Å². The molecule has 2 nitrogen and oxygen atoms in total. The van der Waals surface area contributed by atoms with Crippen LogP contribution in [0.5, 0.6) is 0 Å². The summed E-state index contributed by atoms with van der Waals surface area (Å²) in [5.41, 5.74) is -0.0363. The number of benzene rings is 1. The number of hydrogen-bond donors (Lipinski definition) is 1. The number of halogens is 8. The molecule has 0 amide bonds. The Labute approximate surface area is 143 Å². The van der Waals surface area contributed by atoms with Gasteiger partial charge < -0.3 is 5.32 Å². The minimum atomic E-state index is -4.69. The normalized spacial score (nSPS) is 13.4. The first kappa shape index (κ1) is 19.6. The van der Waals surface area contributed by atoms with Gasteiger partial charge >= 0.3 is 12.4 Å². The third kappa shape index (κ3) is 5.99. The van der Waals surface area contributed by atoms with Gasteiger partial charge in [0.05, 0.1) is 11.4 Å². The number of nitrogens with one attached hydrogen (secondary N) is 1. The van der Waals surface area contributed by atoms with Crippen LogP contribution in [-0.4, -0.2) is 31.0 Å². The van der Waals surface area contributed by atoms with Gasteiger partial charge in [-0.3, -0.25) is 4.99 Å². The van der Waals surface area contributed by atoms with E-state index in [9.17, 15) is 26.3 Å². The average Bonchev–Trinajstić information content (AvgIpc) is 2.33. The van der Waals surface area contributed by atoms with Crippen molar-refractivity contribution in [3.63, 3.8) is 0 Å². The Morgan fingerprint density at radius 2 is 1.73 bits per heavy atom. The third-order valence-electron chi connectivity index (χ3n) is 2.16. The lowest BCUT2D eigenvalue weighted by atomic mass is 10.3. The molecular weight excluding hydrogens is 466 g/mol. The molecule has 0 saturated carbocycles. The predicted octanol–water partition coefficient (Wildman–Crippen LogP) is 5.87. The zero-order valence-electron chi connectivity index (χ0n) is 10.7. The molecule has 0 aromatic heterocycles. The van der Waals surface area contributed by atoms with Crippen LogP contribution in [0.15, 0.2) is 31.0 Å². The van der Waals surface area contributed by atoms with Gasteiger partial charge in [-0.1, -0.05) is 0 Å². The van der Waals surface area contributed by atoms with E-state index >= 15 is 0 Å². The highest BCUT2D eigenvalue weighted by atomic mass is 79.9. The molecule has 0 radical (unpaired) electrons. The predicted molar refractivity (Wildman–Crippen MR) is 81.7 cm³/mol. The van der Waals surface area contributed by atoms with Crippen molar-refractivity contribution in [1.29, 1.82) is 0 Å². The van der Waals surface area contributed by atoms with Gasteiger partial charge in [-0.05, 0) is 44.0 Å². The minimum absolute atomic E-state index is 0.0363. The molecule has 0 bridgehead atoms. The van der Waals surface area contributed by atoms with E-state index in [1.165, 1.54) is 12.1 Å². The molecule has 124 valence electrons. The van der Waals surface area contributed by atoms with E-state index < -0.39 is 23.9 Å². The standard InChI is InChI=1S/C11H8Br2F6N2S/c1-20-9(11(17,18)19)21-7-3-8(6(13)2-5(7)12)22-4-10(14,15)16/h2-3H,4H2,1H3,(H,20,21). The Bertz CT molecular complexity index is 571. The van der Waals surface area contributed by atoms with Crippen LogP contribution in [0.4, 0.5) is 32.0 Å². The Hall–Kier alpha value is -0.420. The molecule has 0 saturated heterocycles. The summed E-state index contributed by atoms with van der Waals surface area (Å²) in [6.07, 6.45) is -9.08. The molecule has 1 N–H and O–H groups in total. The van der Waals surface area contributed by atoms with Gasteiger partial charge in [0.2, 0.25) is 5.84 Å². The molecule has 0 unspecified atom stereocenters.